The Balaban J connectivity index is 2.53. The van der Waals surface area contributed by atoms with E-state index in [0.717, 1.165) is 5.56 Å². The van der Waals surface area contributed by atoms with E-state index in [-0.39, 0.29) is 5.75 Å². The first-order valence-corrected chi connectivity index (χ1v) is 3.85. The average Bonchev–Trinajstić information content (AvgIpc) is 2.09. The van der Waals surface area contributed by atoms with Crippen molar-refractivity contribution in [2.75, 3.05) is 0 Å². The van der Waals surface area contributed by atoms with E-state index < -0.39 is 6.23 Å². The van der Waals surface area contributed by atoms with Crippen LogP contribution in [0.3, 0.4) is 0 Å². The number of carbonyl (C=O) groups is 1. The van der Waals surface area contributed by atoms with Crippen LogP contribution in [-0.2, 0) is 16.0 Å². The molecule has 0 heterocycles. The first kappa shape index (κ1) is 9.54. The number of benzene rings is 1. The van der Waals surface area contributed by atoms with Gasteiger partial charge in [0.05, 0.1) is 0 Å². The Labute approximate surface area is 75.9 Å². The molecular weight excluding hydrogens is 170 g/mol. The fourth-order valence-corrected chi connectivity index (χ4v) is 0.984. The molecule has 1 unspecified atom stereocenters. The molecule has 1 aromatic rings. The van der Waals surface area contributed by atoms with Crippen LogP contribution in [0, 0.1) is 0 Å². The first-order chi connectivity index (χ1) is 6.22. The predicted octanol–water partition coefficient (Wildman–Crippen LogP) is 0.392. The molecule has 0 spiro atoms. The molecule has 0 aromatic heterocycles. The second-order valence-corrected chi connectivity index (χ2v) is 2.64. The topological polar surface area (TPSA) is 72.6 Å². The van der Waals surface area contributed by atoms with Crippen LogP contribution < -0.4 is 5.73 Å². The Morgan fingerprint density at radius 1 is 1.46 bits per heavy atom. The van der Waals surface area contributed by atoms with Gasteiger partial charge in [0, 0.05) is 6.42 Å². The predicted molar refractivity (Wildman–Crippen MR) is 46.9 cm³/mol. The van der Waals surface area contributed by atoms with E-state index in [1.807, 2.05) is 0 Å². The summed E-state index contributed by atoms with van der Waals surface area (Å²) in [5.41, 5.74) is 6.35. The zero-order valence-corrected chi connectivity index (χ0v) is 7.01. The van der Waals surface area contributed by atoms with Crippen LogP contribution in [-0.4, -0.2) is 17.8 Å². The number of aromatic hydroxyl groups is 1. The molecular formula is C9H11NO3. The summed E-state index contributed by atoms with van der Waals surface area (Å²) in [5.74, 6) is 0.202. The van der Waals surface area contributed by atoms with Gasteiger partial charge in [-0.05, 0) is 17.7 Å². The van der Waals surface area contributed by atoms with Crippen molar-refractivity contribution < 1.29 is 14.6 Å². The third-order valence-corrected chi connectivity index (χ3v) is 1.60. The number of ether oxygens (including phenoxy) is 1. The number of rotatable bonds is 4. The molecule has 0 aliphatic carbocycles. The Kier molecular flexibility index (Phi) is 3.28. The van der Waals surface area contributed by atoms with Crippen molar-refractivity contribution in [3.8, 4) is 5.75 Å². The molecule has 1 rings (SSSR count). The quantitative estimate of drug-likeness (QED) is 0.520. The maximum atomic E-state index is 9.92. The third kappa shape index (κ3) is 3.13. The Morgan fingerprint density at radius 2 is 2.08 bits per heavy atom. The van der Waals surface area contributed by atoms with Crippen LogP contribution in [0.2, 0.25) is 0 Å². The maximum absolute atomic E-state index is 9.92. The lowest BCUT2D eigenvalue weighted by Gasteiger charge is -2.08. The molecule has 3 N–H and O–H groups in total. The van der Waals surface area contributed by atoms with Crippen molar-refractivity contribution in [2.45, 2.75) is 12.6 Å². The number of hydrogen-bond donors (Lipinski definition) is 2. The molecule has 13 heavy (non-hydrogen) atoms. The van der Waals surface area contributed by atoms with E-state index in [9.17, 15) is 4.79 Å². The minimum atomic E-state index is -0.623. The Bertz CT molecular complexity index is 271. The number of hydrogen-bond acceptors (Lipinski definition) is 4. The highest BCUT2D eigenvalue weighted by molar-refractivity contribution is 5.37. The lowest BCUT2D eigenvalue weighted by Crippen LogP contribution is -2.25. The fraction of sp³-hybridized carbons (Fsp3) is 0.222. The molecule has 0 saturated heterocycles. The number of phenolic OH excluding ortho intramolecular Hbond substituents is 1. The van der Waals surface area contributed by atoms with Gasteiger partial charge in [0.15, 0.2) is 6.23 Å². The summed E-state index contributed by atoms with van der Waals surface area (Å²) in [6.07, 6.45) is -0.180. The summed E-state index contributed by atoms with van der Waals surface area (Å²) in [5, 5.41) is 8.98. The summed E-state index contributed by atoms with van der Waals surface area (Å²) in [6.45, 7) is 0.324. The highest BCUT2D eigenvalue weighted by Crippen LogP contribution is 2.10. The van der Waals surface area contributed by atoms with Crippen LogP contribution in [0.15, 0.2) is 24.3 Å². The molecule has 1 aromatic carbocycles. The number of carbonyl (C=O) groups excluding carboxylic acids is 1. The van der Waals surface area contributed by atoms with Gasteiger partial charge < -0.3 is 9.84 Å². The SMILES string of the molecule is NC(Cc1ccc(O)cc1)OC=O. The first-order valence-electron chi connectivity index (χ1n) is 3.85. The van der Waals surface area contributed by atoms with E-state index in [1.165, 1.54) is 0 Å². The molecule has 4 heteroatoms. The van der Waals surface area contributed by atoms with E-state index in [1.54, 1.807) is 24.3 Å². The zero-order valence-electron chi connectivity index (χ0n) is 7.01. The van der Waals surface area contributed by atoms with E-state index in [2.05, 4.69) is 4.74 Å². The van der Waals surface area contributed by atoms with Crippen molar-refractivity contribution in [2.24, 2.45) is 5.73 Å². The van der Waals surface area contributed by atoms with Crippen LogP contribution >= 0.6 is 0 Å². The Hall–Kier alpha value is -1.55. The average molecular weight is 181 g/mol. The minimum Gasteiger partial charge on any atom is -0.508 e. The summed E-state index contributed by atoms with van der Waals surface area (Å²) in [4.78, 5) is 9.92. The molecule has 70 valence electrons. The number of phenols is 1. The molecule has 0 fully saturated rings. The molecule has 0 radical (unpaired) electrons. The molecule has 0 amide bonds. The van der Waals surface area contributed by atoms with Gasteiger partial charge in [-0.25, -0.2) is 0 Å². The van der Waals surface area contributed by atoms with Gasteiger partial charge in [0.1, 0.15) is 5.75 Å². The van der Waals surface area contributed by atoms with Crippen molar-refractivity contribution in [1.82, 2.24) is 0 Å². The van der Waals surface area contributed by atoms with Crippen molar-refractivity contribution >= 4 is 6.47 Å². The van der Waals surface area contributed by atoms with Gasteiger partial charge in [0.25, 0.3) is 6.47 Å². The fourth-order valence-electron chi connectivity index (χ4n) is 0.984. The second-order valence-electron chi connectivity index (χ2n) is 2.64. The summed E-state index contributed by atoms with van der Waals surface area (Å²) >= 11 is 0. The largest absolute Gasteiger partial charge is 0.508 e. The van der Waals surface area contributed by atoms with E-state index in [4.69, 9.17) is 10.8 Å². The molecule has 0 aliphatic rings. The molecule has 1 atom stereocenters. The smallest absolute Gasteiger partial charge is 0.294 e. The van der Waals surface area contributed by atoms with E-state index in [0.29, 0.717) is 12.9 Å². The molecule has 0 bridgehead atoms. The normalized spacial score (nSPS) is 12.1. The monoisotopic (exact) mass is 181 g/mol. The molecule has 0 saturated carbocycles. The van der Waals surface area contributed by atoms with Crippen molar-refractivity contribution in [1.29, 1.82) is 0 Å². The number of nitrogens with two attached hydrogens (primary N) is 1. The van der Waals surface area contributed by atoms with Gasteiger partial charge in [-0.2, -0.15) is 0 Å². The van der Waals surface area contributed by atoms with Crippen LogP contribution in [0.1, 0.15) is 5.56 Å². The molecule has 4 nitrogen and oxygen atoms in total. The van der Waals surface area contributed by atoms with Crippen molar-refractivity contribution in [3.63, 3.8) is 0 Å². The highest BCUT2D eigenvalue weighted by Gasteiger charge is 2.03. The summed E-state index contributed by atoms with van der Waals surface area (Å²) in [6, 6.07) is 6.57. The standard InChI is InChI=1S/C9H11NO3/c10-9(13-6-11)5-7-1-3-8(12)4-2-7/h1-4,6,9,12H,5,10H2. The minimum absolute atomic E-state index is 0.202. The molecule has 0 aliphatic heterocycles. The zero-order chi connectivity index (χ0) is 9.68. The van der Waals surface area contributed by atoms with Gasteiger partial charge >= 0.3 is 0 Å². The van der Waals surface area contributed by atoms with Gasteiger partial charge in [-0.1, -0.05) is 12.1 Å². The third-order valence-electron chi connectivity index (χ3n) is 1.60. The van der Waals surface area contributed by atoms with E-state index >= 15 is 0 Å². The Morgan fingerprint density at radius 3 is 2.62 bits per heavy atom. The van der Waals surface area contributed by atoms with Crippen LogP contribution in [0.5, 0.6) is 5.75 Å². The van der Waals surface area contributed by atoms with Gasteiger partial charge in [-0.15, -0.1) is 0 Å². The maximum Gasteiger partial charge on any atom is 0.294 e. The van der Waals surface area contributed by atoms with Crippen LogP contribution in [0.4, 0.5) is 0 Å². The van der Waals surface area contributed by atoms with Gasteiger partial charge in [-0.3, -0.25) is 10.5 Å². The van der Waals surface area contributed by atoms with Crippen molar-refractivity contribution in [3.05, 3.63) is 29.8 Å². The lowest BCUT2D eigenvalue weighted by molar-refractivity contribution is -0.133. The van der Waals surface area contributed by atoms with Crippen LogP contribution in [0.25, 0.3) is 0 Å². The lowest BCUT2D eigenvalue weighted by atomic mass is 10.1. The second kappa shape index (κ2) is 4.47. The summed E-state index contributed by atoms with van der Waals surface area (Å²) < 4.78 is 4.51. The summed E-state index contributed by atoms with van der Waals surface area (Å²) in [7, 11) is 0. The highest BCUT2D eigenvalue weighted by atomic mass is 16.5. The van der Waals surface area contributed by atoms with Gasteiger partial charge in [0.2, 0.25) is 0 Å².